The van der Waals surface area contributed by atoms with Gasteiger partial charge in [0.05, 0.1) is 5.56 Å². The highest BCUT2D eigenvalue weighted by Crippen LogP contribution is 2.27. The van der Waals surface area contributed by atoms with Crippen LogP contribution in [0.5, 0.6) is 0 Å². The molecule has 1 fully saturated rings. The molecule has 1 aliphatic rings. The number of benzene rings is 3. The molecule has 1 saturated heterocycles. The third kappa shape index (κ3) is 6.44. The number of carbonyl (C=O) groups is 3. The molecular weight excluding hydrogens is 488 g/mol. The fraction of sp³-hybridized carbons (Fsp3) is 0.276. The first-order valence-corrected chi connectivity index (χ1v) is 12.2. The summed E-state index contributed by atoms with van der Waals surface area (Å²) in [5.74, 6) is -1.28. The van der Waals surface area contributed by atoms with Gasteiger partial charge in [-0.3, -0.25) is 9.59 Å². The number of ether oxygens (including phenoxy) is 4. The van der Waals surface area contributed by atoms with E-state index in [1.165, 1.54) is 14.2 Å². The van der Waals surface area contributed by atoms with Gasteiger partial charge in [-0.05, 0) is 36.4 Å². The third-order valence-corrected chi connectivity index (χ3v) is 6.24. The summed E-state index contributed by atoms with van der Waals surface area (Å²) >= 11 is 0. The topological polar surface area (TPSA) is 112 Å². The van der Waals surface area contributed by atoms with Crippen molar-refractivity contribution in [3.05, 3.63) is 108 Å². The Labute approximate surface area is 221 Å². The summed E-state index contributed by atoms with van der Waals surface area (Å²) < 4.78 is 23.4. The lowest BCUT2D eigenvalue weighted by Crippen LogP contribution is -2.66. The average Bonchev–Trinajstić information content (AvgIpc) is 2.97. The zero-order valence-electron chi connectivity index (χ0n) is 21.1. The number of hydrogen-bond acceptors (Lipinski definition) is 7. The molecule has 0 aliphatic carbocycles. The van der Waals surface area contributed by atoms with Gasteiger partial charge in [-0.1, -0.05) is 54.6 Å². The first-order valence-electron chi connectivity index (χ1n) is 12.2. The Morgan fingerprint density at radius 2 is 1.24 bits per heavy atom. The summed E-state index contributed by atoms with van der Waals surface area (Å²) in [6.07, 6.45) is -3.63. The fourth-order valence-electron chi connectivity index (χ4n) is 4.32. The maximum atomic E-state index is 13.0. The number of nitrogens with one attached hydrogen (secondary N) is 2. The molecule has 9 nitrogen and oxygen atoms in total. The largest absolute Gasteiger partial charge is 0.453 e. The average molecular weight is 519 g/mol. The van der Waals surface area contributed by atoms with Crippen molar-refractivity contribution in [1.29, 1.82) is 0 Å². The van der Waals surface area contributed by atoms with Crippen LogP contribution in [0.15, 0.2) is 91.0 Å². The number of hydrogen-bond donors (Lipinski definition) is 2. The molecule has 38 heavy (non-hydrogen) atoms. The van der Waals surface area contributed by atoms with Crippen molar-refractivity contribution in [1.82, 2.24) is 10.6 Å². The van der Waals surface area contributed by atoms with Crippen molar-refractivity contribution in [2.24, 2.45) is 0 Å². The van der Waals surface area contributed by atoms with Gasteiger partial charge in [0.2, 0.25) is 0 Å². The number of methoxy groups -OCH3 is 2. The van der Waals surface area contributed by atoms with E-state index in [-0.39, 0.29) is 18.4 Å². The van der Waals surface area contributed by atoms with Crippen LogP contribution in [0.25, 0.3) is 0 Å². The van der Waals surface area contributed by atoms with Crippen molar-refractivity contribution in [3.63, 3.8) is 0 Å². The molecule has 0 spiro atoms. The minimum Gasteiger partial charge on any atom is -0.453 e. The van der Waals surface area contributed by atoms with Gasteiger partial charge < -0.3 is 29.6 Å². The predicted molar refractivity (Wildman–Crippen MR) is 139 cm³/mol. The van der Waals surface area contributed by atoms with Crippen LogP contribution in [-0.2, 0) is 18.9 Å². The minimum absolute atomic E-state index is 0.000461. The quantitative estimate of drug-likeness (QED) is 0.419. The van der Waals surface area contributed by atoms with Crippen LogP contribution in [-0.4, -0.2) is 69.2 Å². The summed E-state index contributed by atoms with van der Waals surface area (Å²) in [6.45, 7) is -0.000461. The van der Waals surface area contributed by atoms with Crippen LogP contribution in [0.3, 0.4) is 0 Å². The maximum absolute atomic E-state index is 13.0. The molecule has 3 aromatic rings. The second-order valence-corrected chi connectivity index (χ2v) is 8.66. The van der Waals surface area contributed by atoms with Crippen LogP contribution in [0.2, 0.25) is 0 Å². The number of esters is 1. The summed E-state index contributed by atoms with van der Waals surface area (Å²) in [5, 5.41) is 5.73. The second kappa shape index (κ2) is 13.0. The van der Waals surface area contributed by atoms with Gasteiger partial charge >= 0.3 is 5.97 Å². The van der Waals surface area contributed by atoms with E-state index in [1.807, 2.05) is 12.1 Å². The standard InChI is InChI=1S/C29H30N2O7/c1-35-25-23(31-27(33)20-14-8-4-9-15-20)29(36-2)37-22(18-30-26(32)19-12-6-3-7-13-19)24(25)38-28(34)21-16-10-5-11-17-21/h3-17,22-25,29H,18H2,1-2H3,(H,30,32)(H,31,33)/t22?,23?,24-,25?,29?/m0/s1. The van der Waals surface area contributed by atoms with Gasteiger partial charge in [0.15, 0.2) is 12.4 Å². The highest BCUT2D eigenvalue weighted by molar-refractivity contribution is 5.95. The van der Waals surface area contributed by atoms with Crippen molar-refractivity contribution in [3.8, 4) is 0 Å². The molecule has 4 unspecified atom stereocenters. The summed E-state index contributed by atoms with van der Waals surface area (Å²) in [4.78, 5) is 38.8. The van der Waals surface area contributed by atoms with Crippen molar-refractivity contribution >= 4 is 17.8 Å². The van der Waals surface area contributed by atoms with Crippen molar-refractivity contribution in [2.75, 3.05) is 20.8 Å². The van der Waals surface area contributed by atoms with Gasteiger partial charge in [-0.25, -0.2) is 4.79 Å². The molecule has 0 aromatic heterocycles. The Morgan fingerprint density at radius 1 is 0.711 bits per heavy atom. The van der Waals surface area contributed by atoms with Crippen LogP contribution >= 0.6 is 0 Å². The SMILES string of the molecule is COC1OC(CNC(=O)c2ccccc2)[C@H](OC(=O)c2ccccc2)C(OC)C1NC(=O)c1ccccc1. The van der Waals surface area contributed by atoms with Crippen LogP contribution in [0.1, 0.15) is 31.1 Å². The molecule has 2 amide bonds. The summed E-state index contributed by atoms with van der Waals surface area (Å²) in [5.41, 5.74) is 1.25. The molecule has 0 radical (unpaired) electrons. The van der Waals surface area contributed by atoms with Gasteiger partial charge in [0, 0.05) is 31.9 Å². The highest BCUT2D eigenvalue weighted by Gasteiger charge is 2.49. The Balaban J connectivity index is 1.58. The Hall–Kier alpha value is -4.05. The lowest BCUT2D eigenvalue weighted by atomic mass is 9.95. The predicted octanol–water partition coefficient (Wildman–Crippen LogP) is 2.83. The first-order chi connectivity index (χ1) is 18.5. The van der Waals surface area contributed by atoms with Crippen LogP contribution < -0.4 is 10.6 Å². The third-order valence-electron chi connectivity index (χ3n) is 6.24. The van der Waals surface area contributed by atoms with E-state index in [2.05, 4.69) is 10.6 Å². The minimum atomic E-state index is -0.990. The van der Waals surface area contributed by atoms with Gasteiger partial charge in [-0.15, -0.1) is 0 Å². The number of carbonyl (C=O) groups excluding carboxylic acids is 3. The van der Waals surface area contributed by atoms with Crippen molar-refractivity contribution in [2.45, 2.75) is 30.6 Å². The van der Waals surface area contributed by atoms with Gasteiger partial charge in [0.25, 0.3) is 11.8 Å². The van der Waals surface area contributed by atoms with Crippen molar-refractivity contribution < 1.29 is 33.3 Å². The molecule has 0 bridgehead atoms. The monoisotopic (exact) mass is 518 g/mol. The second-order valence-electron chi connectivity index (χ2n) is 8.66. The molecule has 1 heterocycles. The van der Waals surface area contributed by atoms with Gasteiger partial charge in [0.1, 0.15) is 18.2 Å². The molecule has 5 atom stereocenters. The van der Waals surface area contributed by atoms with E-state index in [0.29, 0.717) is 16.7 Å². The summed E-state index contributed by atoms with van der Waals surface area (Å²) in [7, 11) is 2.89. The lowest BCUT2D eigenvalue weighted by Gasteiger charge is -2.45. The molecule has 1 aliphatic heterocycles. The normalized spacial score (nSPS) is 22.7. The lowest BCUT2D eigenvalue weighted by molar-refractivity contribution is -0.257. The van der Waals surface area contributed by atoms with E-state index in [4.69, 9.17) is 18.9 Å². The van der Waals surface area contributed by atoms with Crippen LogP contribution in [0, 0.1) is 0 Å². The molecule has 9 heteroatoms. The number of rotatable bonds is 9. The molecular formula is C29H30N2O7. The Bertz CT molecular complexity index is 1210. The van der Waals surface area contributed by atoms with Gasteiger partial charge in [-0.2, -0.15) is 0 Å². The molecule has 4 rings (SSSR count). The molecule has 198 valence electrons. The first kappa shape index (κ1) is 27.0. The maximum Gasteiger partial charge on any atom is 0.338 e. The van der Waals surface area contributed by atoms with E-state index < -0.39 is 36.6 Å². The Kier molecular flexibility index (Phi) is 9.21. The number of amides is 2. The zero-order chi connectivity index (χ0) is 26.9. The molecule has 3 aromatic carbocycles. The molecule has 2 N–H and O–H groups in total. The fourth-order valence-corrected chi connectivity index (χ4v) is 4.32. The smallest absolute Gasteiger partial charge is 0.338 e. The van der Waals surface area contributed by atoms with E-state index in [0.717, 1.165) is 0 Å². The summed E-state index contributed by atoms with van der Waals surface area (Å²) in [6, 6.07) is 25.1. The van der Waals surface area contributed by atoms with Crippen LogP contribution in [0.4, 0.5) is 0 Å². The molecule has 0 saturated carbocycles. The highest BCUT2D eigenvalue weighted by atomic mass is 16.7. The Morgan fingerprint density at radius 3 is 1.76 bits per heavy atom. The van der Waals surface area contributed by atoms with E-state index >= 15 is 0 Å². The zero-order valence-corrected chi connectivity index (χ0v) is 21.1. The van der Waals surface area contributed by atoms with E-state index in [1.54, 1.807) is 78.9 Å². The van der Waals surface area contributed by atoms with E-state index in [9.17, 15) is 14.4 Å².